The summed E-state index contributed by atoms with van der Waals surface area (Å²) < 4.78 is 323. The maximum Gasteiger partial charge on any atom is 0.159 e. The van der Waals surface area contributed by atoms with Crippen LogP contribution >= 0.6 is 0 Å². The molecule has 9 aromatic carbocycles. The first-order chi connectivity index (χ1) is 42.9. The van der Waals surface area contributed by atoms with Gasteiger partial charge in [-0.3, -0.25) is 0 Å². The van der Waals surface area contributed by atoms with Gasteiger partial charge in [-0.1, -0.05) is 139 Å². The molecule has 0 N–H and O–H groups in total. The molecule has 0 fully saturated rings. The van der Waals surface area contributed by atoms with Gasteiger partial charge in [0.15, 0.2) is 5.58 Å². The molecule has 0 aliphatic carbocycles. The van der Waals surface area contributed by atoms with Crippen molar-refractivity contribution in [2.45, 2.75) is 0 Å². The lowest BCUT2D eigenvalue weighted by Gasteiger charge is -2.27. The zero-order chi connectivity index (χ0) is 67.7. The Morgan fingerprint density at radius 1 is 0.397 bits per heavy atom. The molecule has 0 amide bonds. The summed E-state index contributed by atoms with van der Waals surface area (Å²) >= 11 is 0. The first-order valence-corrected chi connectivity index (χ1v) is 16.9. The quantitative estimate of drug-likeness (QED) is 0.169. The second kappa shape index (κ2) is 12.9. The third-order valence-electron chi connectivity index (χ3n) is 9.17. The molecule has 272 valence electrons. The molecule has 0 aliphatic heterocycles. The summed E-state index contributed by atoms with van der Waals surface area (Å²) in [6, 6.07) is -35.5. The van der Waals surface area contributed by atoms with Crippen LogP contribution in [0.25, 0.3) is 93.6 Å². The van der Waals surface area contributed by atoms with Crippen molar-refractivity contribution in [3.8, 4) is 27.9 Å². The first kappa shape index (κ1) is 13.4. The number of aromatic nitrogens is 1. The van der Waals surface area contributed by atoms with Gasteiger partial charge in [0.25, 0.3) is 0 Å². The van der Waals surface area contributed by atoms with Crippen LogP contribution in [-0.4, -0.2) is 4.57 Å². The molecule has 3 aromatic heterocycles. The summed E-state index contributed by atoms with van der Waals surface area (Å²) in [4.78, 5) is 0.437. The zero-order valence-corrected chi connectivity index (χ0v) is 28.7. The Morgan fingerprint density at radius 3 is 1.72 bits per heavy atom. The average Bonchev–Trinajstić information content (AvgIpc) is 1.45. The van der Waals surface area contributed by atoms with Crippen molar-refractivity contribution < 1.29 is 55.4 Å². The third kappa shape index (κ3) is 4.95. The number of rotatable bonds is 6. The summed E-state index contributed by atoms with van der Waals surface area (Å²) in [6.45, 7) is 0. The SMILES string of the molecule is [2H]c1c([2H])c([2H])c(-c2c([2H])c([2H])c(N(c3c([2H])c([2H])c([2H])c4c3oc3c([2H])c([2H])c([2H])c([2H])c34)c3c([2H])c([2H])c(-c4c([2H])c([2H])c([2H])c(-n5c6c([2H])c([2H])c([2H])c([2H])c6c6c([2H])c([2H])c([2H])c([2H])c65)c4[2H])c4oc5c([2H])c([2H])c([2H])c([2H])c5c34)c([2H])c2[2H])c([2H])c1[2H]. The van der Waals surface area contributed by atoms with Crippen LogP contribution in [0.1, 0.15) is 46.6 Å². The lowest BCUT2D eigenvalue weighted by molar-refractivity contribution is 0.668. The highest BCUT2D eigenvalue weighted by Crippen LogP contribution is 2.49. The van der Waals surface area contributed by atoms with Crippen molar-refractivity contribution in [2.24, 2.45) is 0 Å². The van der Waals surface area contributed by atoms with E-state index in [-0.39, 0.29) is 0 Å². The molecule has 0 saturated heterocycles. The summed E-state index contributed by atoms with van der Waals surface area (Å²) in [6.07, 6.45) is 0. The Balaban J connectivity index is 1.34. The van der Waals surface area contributed by atoms with Crippen LogP contribution < -0.4 is 4.90 Å². The Kier molecular flexibility index (Phi) is 2.97. The van der Waals surface area contributed by atoms with E-state index in [1.165, 1.54) is 0 Å². The molecule has 4 heteroatoms. The minimum Gasteiger partial charge on any atom is -0.455 e. The van der Waals surface area contributed by atoms with E-state index in [1.54, 1.807) is 0 Å². The summed E-state index contributed by atoms with van der Waals surface area (Å²) in [7, 11) is 0. The zero-order valence-electron chi connectivity index (χ0n) is 62.7. The van der Waals surface area contributed by atoms with Crippen molar-refractivity contribution in [2.75, 3.05) is 4.90 Å². The highest BCUT2D eigenvalue weighted by molar-refractivity contribution is 6.19. The summed E-state index contributed by atoms with van der Waals surface area (Å²) in [5, 5.41) is -4.11. The number of hydrogen-bond acceptors (Lipinski definition) is 3. The molecule has 0 unspecified atom stereocenters. The van der Waals surface area contributed by atoms with E-state index >= 15 is 0 Å². The molecule has 0 saturated carbocycles. The molecular weight excluding hydrogens is 709 g/mol. The Hall–Kier alpha value is -7.82. The smallest absolute Gasteiger partial charge is 0.159 e. The average molecular weight is 777 g/mol. The van der Waals surface area contributed by atoms with Gasteiger partial charge in [0.1, 0.15) is 16.7 Å². The van der Waals surface area contributed by atoms with Gasteiger partial charge < -0.3 is 18.3 Å². The van der Waals surface area contributed by atoms with E-state index in [0.29, 0.717) is 9.47 Å². The van der Waals surface area contributed by atoms with Gasteiger partial charge >= 0.3 is 0 Å². The van der Waals surface area contributed by atoms with Crippen LogP contribution in [0.2, 0.25) is 0 Å². The maximum atomic E-state index is 10.3. The molecule has 58 heavy (non-hydrogen) atoms. The van der Waals surface area contributed by atoms with E-state index in [1.807, 2.05) is 0 Å². The van der Waals surface area contributed by atoms with Crippen molar-refractivity contribution in [3.63, 3.8) is 0 Å². The highest BCUT2D eigenvalue weighted by atomic mass is 16.3. The van der Waals surface area contributed by atoms with Crippen LogP contribution in [-0.2, 0) is 0 Å². The van der Waals surface area contributed by atoms with Gasteiger partial charge in [-0.2, -0.15) is 0 Å². The fourth-order valence-electron chi connectivity index (χ4n) is 6.75. The van der Waals surface area contributed by atoms with Gasteiger partial charge in [-0.25, -0.2) is 0 Å². The van der Waals surface area contributed by atoms with E-state index < -0.39 is 316 Å². The first-order valence-electron chi connectivity index (χ1n) is 33.9. The molecule has 12 aromatic rings. The monoisotopic (exact) mass is 776 g/mol. The number of benzene rings is 9. The number of anilines is 3. The molecule has 0 atom stereocenters. The van der Waals surface area contributed by atoms with Gasteiger partial charge in [0.05, 0.1) is 74.4 Å². The van der Waals surface area contributed by atoms with Crippen LogP contribution in [0.15, 0.2) is 214 Å². The number of fused-ring (bicyclic) bond motifs is 9. The van der Waals surface area contributed by atoms with Crippen LogP contribution in [0, 0.1) is 0 Å². The largest absolute Gasteiger partial charge is 0.455 e. The Labute approximate surface area is 381 Å². The second-order valence-corrected chi connectivity index (χ2v) is 12.3. The van der Waals surface area contributed by atoms with Crippen molar-refractivity contribution >= 4 is 82.7 Å². The molecule has 0 spiro atoms. The fourth-order valence-corrected chi connectivity index (χ4v) is 6.75. The molecule has 3 heterocycles. The van der Waals surface area contributed by atoms with Crippen LogP contribution in [0.4, 0.5) is 17.1 Å². The van der Waals surface area contributed by atoms with E-state index in [0.717, 1.165) is 0 Å². The van der Waals surface area contributed by atoms with Gasteiger partial charge in [-0.05, 0) is 83.2 Å². The standard InChI is InChI=1S/C54H34N2O2/c1-2-14-35(15-3-1)36-28-30-38(31-29-36)55(49-25-13-22-44-43-20-6-10-26-50(43)57-53(44)49)48-33-32-40(54-52(48)45-21-7-11-27-51(45)58-54)37-16-12-17-39(34-37)56-46-23-8-4-18-41(46)42-19-5-9-24-47(42)56/h1-34H/i1D,2D,3D,4D,5D,6D,7D,8D,9D,10D,11D,12D,13D,14D,15D,16D,17D,18D,19D,20D,21D,22D,23D,24D,25D,26D,27D,28D,29D,30D,31D,32D,33D,34D. The van der Waals surface area contributed by atoms with Gasteiger partial charge in [0.2, 0.25) is 0 Å². The normalized spacial score (nSPS) is 20.0. The van der Waals surface area contributed by atoms with Crippen LogP contribution in [0.3, 0.4) is 0 Å². The molecule has 12 rings (SSSR count). The third-order valence-corrected chi connectivity index (χ3v) is 9.17. The lowest BCUT2D eigenvalue weighted by atomic mass is 9.99. The molecule has 0 aliphatic rings. The van der Waals surface area contributed by atoms with Gasteiger partial charge in [0, 0.05) is 43.9 Å². The molecular formula is C54H34N2O2. The van der Waals surface area contributed by atoms with Gasteiger partial charge in [-0.15, -0.1) is 0 Å². The predicted octanol–water partition coefficient (Wildman–Crippen LogP) is 15.4. The molecule has 0 bridgehead atoms. The predicted molar refractivity (Wildman–Crippen MR) is 241 cm³/mol. The van der Waals surface area contributed by atoms with E-state index in [2.05, 4.69) is 0 Å². The second-order valence-electron chi connectivity index (χ2n) is 12.3. The van der Waals surface area contributed by atoms with Crippen molar-refractivity contribution in [1.82, 2.24) is 4.57 Å². The topological polar surface area (TPSA) is 34.5 Å². The summed E-state index contributed by atoms with van der Waals surface area (Å²) in [5.74, 6) is 0. The van der Waals surface area contributed by atoms with Crippen molar-refractivity contribution in [3.05, 3.63) is 205 Å². The number of hydrogen-bond donors (Lipinski definition) is 0. The minimum atomic E-state index is -1.34. The summed E-state index contributed by atoms with van der Waals surface area (Å²) in [5.41, 5.74) is -13.0. The lowest BCUT2D eigenvalue weighted by Crippen LogP contribution is -2.10. The molecule has 0 radical (unpaired) electrons. The fraction of sp³-hybridized carbons (Fsp3) is 0. The van der Waals surface area contributed by atoms with Crippen LogP contribution in [0.5, 0.6) is 0 Å². The Bertz CT molecular complexity index is 5400. The van der Waals surface area contributed by atoms with Crippen molar-refractivity contribution in [1.29, 1.82) is 0 Å². The highest BCUT2D eigenvalue weighted by Gasteiger charge is 2.25. The Morgan fingerprint density at radius 2 is 0.966 bits per heavy atom. The molecule has 4 nitrogen and oxygen atoms in total. The number of furan rings is 2. The maximum absolute atomic E-state index is 10.3. The number of nitrogens with zero attached hydrogens (tertiary/aromatic N) is 2. The van der Waals surface area contributed by atoms with E-state index in [9.17, 15) is 19.2 Å². The minimum absolute atomic E-state index is 0.437. The van der Waals surface area contributed by atoms with E-state index in [4.69, 9.17) is 36.2 Å². The number of para-hydroxylation sites is 5.